The molecule has 2 aliphatic rings. The van der Waals surface area contributed by atoms with Gasteiger partial charge in [-0.2, -0.15) is 0 Å². The lowest BCUT2D eigenvalue weighted by Gasteiger charge is -2.08. The molecule has 0 spiro atoms. The predicted molar refractivity (Wildman–Crippen MR) is 126 cm³/mol. The topological polar surface area (TPSA) is 58.5 Å². The number of amides is 1. The van der Waals surface area contributed by atoms with Crippen LogP contribution < -0.4 is 5.32 Å². The fourth-order valence-corrected chi connectivity index (χ4v) is 5.06. The van der Waals surface area contributed by atoms with Crippen molar-refractivity contribution in [3.05, 3.63) is 81.5 Å². The second kappa shape index (κ2) is 8.60. The summed E-state index contributed by atoms with van der Waals surface area (Å²) in [5.74, 6) is 0.541. The third-order valence-electron chi connectivity index (χ3n) is 6.17. The van der Waals surface area contributed by atoms with Gasteiger partial charge < -0.3 is 5.32 Å². The Morgan fingerprint density at radius 1 is 1.03 bits per heavy atom. The summed E-state index contributed by atoms with van der Waals surface area (Å²) in [5.41, 5.74) is 6.07. The van der Waals surface area contributed by atoms with Crippen LogP contribution in [0.2, 0.25) is 0 Å². The molecule has 31 heavy (non-hydrogen) atoms. The van der Waals surface area contributed by atoms with Crippen molar-refractivity contribution in [1.82, 2.24) is 0 Å². The van der Waals surface area contributed by atoms with E-state index >= 15 is 0 Å². The summed E-state index contributed by atoms with van der Waals surface area (Å²) in [6, 6.07) is 17.8. The van der Waals surface area contributed by atoms with Gasteiger partial charge in [0, 0.05) is 24.4 Å². The van der Waals surface area contributed by atoms with Crippen molar-refractivity contribution in [3.8, 4) is 0 Å². The molecule has 0 atom stereocenters. The van der Waals surface area contributed by atoms with Gasteiger partial charge in [0.05, 0.1) is 16.3 Å². The minimum absolute atomic E-state index is 0.0898. The molecule has 1 aliphatic carbocycles. The van der Waals surface area contributed by atoms with Crippen molar-refractivity contribution in [3.63, 3.8) is 0 Å². The zero-order valence-electron chi connectivity index (χ0n) is 17.3. The number of hydrogen-bond donors (Lipinski definition) is 1. The minimum atomic E-state index is -0.0898. The van der Waals surface area contributed by atoms with E-state index in [1.807, 2.05) is 41.8 Å². The molecule has 1 saturated carbocycles. The number of thiophene rings is 1. The summed E-state index contributed by atoms with van der Waals surface area (Å²) in [5, 5.41) is 4.82. The number of hydrogen-bond acceptors (Lipinski definition) is 4. The Labute approximate surface area is 186 Å². The number of rotatable bonds is 6. The molecule has 4 nitrogen and oxygen atoms in total. The number of nitrogens with one attached hydrogen (secondary N) is 1. The van der Waals surface area contributed by atoms with Gasteiger partial charge in [-0.3, -0.25) is 14.6 Å². The first-order valence-corrected chi connectivity index (χ1v) is 11.7. The molecular weight excluding hydrogens is 404 g/mol. The van der Waals surface area contributed by atoms with Crippen LogP contribution in [0, 0.1) is 5.92 Å². The van der Waals surface area contributed by atoms with E-state index in [0.29, 0.717) is 17.1 Å². The predicted octanol–water partition coefficient (Wildman–Crippen LogP) is 5.98. The maximum absolute atomic E-state index is 12.5. The molecule has 156 valence electrons. The highest BCUT2D eigenvalue weighted by molar-refractivity contribution is 7.12. The van der Waals surface area contributed by atoms with E-state index < -0.39 is 0 Å². The first-order chi connectivity index (χ1) is 15.2. The Morgan fingerprint density at radius 2 is 1.84 bits per heavy atom. The van der Waals surface area contributed by atoms with Crippen molar-refractivity contribution in [2.75, 3.05) is 5.32 Å². The fraction of sp³-hybridized carbons (Fsp3) is 0.269. The van der Waals surface area contributed by atoms with Gasteiger partial charge in [0.25, 0.3) is 5.91 Å². The molecule has 1 N–H and O–H groups in total. The van der Waals surface area contributed by atoms with Crippen LogP contribution >= 0.6 is 11.3 Å². The lowest BCUT2D eigenvalue weighted by atomic mass is 9.95. The lowest BCUT2D eigenvalue weighted by Crippen LogP contribution is -2.13. The standard InChI is InChI=1S/C26H24N2O2S/c29-24(19-4-1-2-5-19)15-17-7-8-20-16-23(28-22(20)14-17)18-9-11-21(12-10-18)27-26(30)25-6-3-13-31-25/h3,6-14,19H,1-2,4-5,15-16H2,(H,27,30). The molecule has 2 heterocycles. The average Bonchev–Trinajstić information content (AvgIpc) is 3.55. The molecule has 5 heteroatoms. The zero-order chi connectivity index (χ0) is 21.2. The molecular formula is C26H24N2O2S. The molecule has 0 saturated heterocycles. The Hall–Kier alpha value is -3.05. The van der Waals surface area contributed by atoms with E-state index in [1.54, 1.807) is 0 Å². The molecule has 3 aromatic rings. The third kappa shape index (κ3) is 4.37. The van der Waals surface area contributed by atoms with Crippen LogP contribution in [0.15, 0.2) is 65.0 Å². The second-order valence-electron chi connectivity index (χ2n) is 8.33. The normalized spacial score (nSPS) is 15.5. The Balaban J connectivity index is 1.26. The van der Waals surface area contributed by atoms with Gasteiger partial charge in [0.1, 0.15) is 5.78 Å². The van der Waals surface area contributed by atoms with Crippen molar-refractivity contribution in [2.24, 2.45) is 10.9 Å². The summed E-state index contributed by atoms with van der Waals surface area (Å²) in [6.07, 6.45) is 5.77. The van der Waals surface area contributed by atoms with Crippen LogP contribution in [-0.2, 0) is 17.6 Å². The third-order valence-corrected chi connectivity index (χ3v) is 7.04. The van der Waals surface area contributed by atoms with Crippen molar-refractivity contribution in [2.45, 2.75) is 38.5 Å². The summed E-state index contributed by atoms with van der Waals surface area (Å²) >= 11 is 1.43. The monoisotopic (exact) mass is 428 g/mol. The first-order valence-electron chi connectivity index (χ1n) is 10.8. The summed E-state index contributed by atoms with van der Waals surface area (Å²) < 4.78 is 0. The van der Waals surface area contributed by atoms with Crippen LogP contribution in [0.25, 0.3) is 0 Å². The Bertz CT molecular complexity index is 1140. The molecule has 2 aromatic carbocycles. The number of aliphatic imine (C=N–C) groups is 1. The van der Waals surface area contributed by atoms with E-state index in [1.165, 1.54) is 29.7 Å². The van der Waals surface area contributed by atoms with Gasteiger partial charge >= 0.3 is 0 Å². The van der Waals surface area contributed by atoms with Gasteiger partial charge in [-0.25, -0.2) is 0 Å². The SMILES string of the molecule is O=C(Nc1ccc(C2=Nc3cc(CC(=O)C4CCCC4)ccc3C2)cc1)c1cccs1. The van der Waals surface area contributed by atoms with Gasteiger partial charge in [-0.15, -0.1) is 11.3 Å². The van der Waals surface area contributed by atoms with E-state index in [4.69, 9.17) is 4.99 Å². The molecule has 0 radical (unpaired) electrons. The Morgan fingerprint density at radius 3 is 2.58 bits per heavy atom. The van der Waals surface area contributed by atoms with Crippen molar-refractivity contribution < 1.29 is 9.59 Å². The fourth-order valence-electron chi connectivity index (χ4n) is 4.44. The molecule has 0 bridgehead atoms. The largest absolute Gasteiger partial charge is 0.321 e. The minimum Gasteiger partial charge on any atom is -0.321 e. The van der Waals surface area contributed by atoms with Gasteiger partial charge in [0.15, 0.2) is 0 Å². The summed E-state index contributed by atoms with van der Waals surface area (Å²) in [6.45, 7) is 0. The highest BCUT2D eigenvalue weighted by atomic mass is 32.1. The Kier molecular flexibility index (Phi) is 5.51. The molecule has 5 rings (SSSR count). The number of carbonyl (C=O) groups excluding carboxylic acids is 2. The number of Topliss-reactive ketones (excluding diaryl/α,β-unsaturated/α-hetero) is 1. The zero-order valence-corrected chi connectivity index (χ0v) is 18.1. The lowest BCUT2D eigenvalue weighted by molar-refractivity contribution is -0.122. The van der Waals surface area contributed by atoms with E-state index in [0.717, 1.165) is 47.5 Å². The summed E-state index contributed by atoms with van der Waals surface area (Å²) in [4.78, 5) is 30.3. The van der Waals surface area contributed by atoms with Crippen molar-refractivity contribution in [1.29, 1.82) is 0 Å². The van der Waals surface area contributed by atoms with Gasteiger partial charge in [-0.1, -0.05) is 43.2 Å². The first kappa shape index (κ1) is 19.9. The highest BCUT2D eigenvalue weighted by Gasteiger charge is 2.23. The van der Waals surface area contributed by atoms with Crippen molar-refractivity contribution >= 4 is 40.1 Å². The number of nitrogens with zero attached hydrogens (tertiary/aromatic N) is 1. The maximum Gasteiger partial charge on any atom is 0.265 e. The van der Waals surface area contributed by atoms with Crippen LogP contribution in [0.1, 0.15) is 52.0 Å². The number of anilines is 1. The molecule has 0 unspecified atom stereocenters. The summed E-state index contributed by atoms with van der Waals surface area (Å²) in [7, 11) is 0. The quantitative estimate of drug-likeness (QED) is 0.525. The van der Waals surface area contributed by atoms with Crippen LogP contribution in [0.3, 0.4) is 0 Å². The molecule has 1 amide bonds. The number of carbonyl (C=O) groups is 2. The number of benzene rings is 2. The molecule has 1 aromatic heterocycles. The highest BCUT2D eigenvalue weighted by Crippen LogP contribution is 2.32. The van der Waals surface area contributed by atoms with E-state index in [9.17, 15) is 9.59 Å². The number of ketones is 1. The van der Waals surface area contributed by atoms with E-state index in [2.05, 4.69) is 23.5 Å². The molecule has 1 aliphatic heterocycles. The smallest absolute Gasteiger partial charge is 0.265 e. The second-order valence-corrected chi connectivity index (χ2v) is 9.28. The van der Waals surface area contributed by atoms with Crippen LogP contribution in [-0.4, -0.2) is 17.4 Å². The average molecular weight is 429 g/mol. The maximum atomic E-state index is 12.5. The van der Waals surface area contributed by atoms with Crippen LogP contribution in [0.4, 0.5) is 11.4 Å². The number of fused-ring (bicyclic) bond motifs is 1. The van der Waals surface area contributed by atoms with Crippen LogP contribution in [0.5, 0.6) is 0 Å². The molecule has 1 fully saturated rings. The van der Waals surface area contributed by atoms with E-state index in [-0.39, 0.29) is 11.8 Å². The van der Waals surface area contributed by atoms with Gasteiger partial charge in [0.2, 0.25) is 0 Å². The van der Waals surface area contributed by atoms with Gasteiger partial charge in [-0.05, 0) is 59.2 Å².